The van der Waals surface area contributed by atoms with E-state index in [9.17, 15) is 4.79 Å². The quantitative estimate of drug-likeness (QED) is 0.590. The van der Waals surface area contributed by atoms with Crippen LogP contribution >= 0.6 is 0 Å². The highest BCUT2D eigenvalue weighted by Crippen LogP contribution is 2.23. The number of rotatable bonds is 10. The van der Waals surface area contributed by atoms with Gasteiger partial charge in [0.2, 0.25) is 0 Å². The first-order chi connectivity index (χ1) is 15.3. The molecule has 0 aromatic heterocycles. The van der Waals surface area contributed by atoms with E-state index in [4.69, 9.17) is 4.74 Å². The van der Waals surface area contributed by atoms with Gasteiger partial charge in [0.1, 0.15) is 5.75 Å². The molecule has 1 amide bonds. The van der Waals surface area contributed by atoms with Crippen molar-refractivity contribution in [3.8, 4) is 5.75 Å². The summed E-state index contributed by atoms with van der Waals surface area (Å²) in [5.74, 6) is 0.994. The third-order valence-electron chi connectivity index (χ3n) is 6.35. The Hall–Kier alpha value is -2.37. The van der Waals surface area contributed by atoms with Gasteiger partial charge in [0, 0.05) is 31.2 Å². The van der Waals surface area contributed by atoms with Gasteiger partial charge in [-0.1, -0.05) is 30.3 Å². The van der Waals surface area contributed by atoms with Gasteiger partial charge in [0.25, 0.3) is 5.91 Å². The Balaban J connectivity index is 1.18. The third-order valence-corrected chi connectivity index (χ3v) is 6.35. The van der Waals surface area contributed by atoms with E-state index in [1.54, 1.807) is 0 Å². The lowest BCUT2D eigenvalue weighted by atomic mass is 10.1. The molecule has 2 aromatic carbocycles. The lowest BCUT2D eigenvalue weighted by molar-refractivity contribution is 0.0708. The first-order valence-corrected chi connectivity index (χ1v) is 11.8. The van der Waals surface area contributed by atoms with Crippen molar-refractivity contribution in [2.24, 2.45) is 0 Å². The smallest absolute Gasteiger partial charge is 0.254 e. The Kier molecular flexibility index (Phi) is 7.97. The summed E-state index contributed by atoms with van der Waals surface area (Å²) in [4.78, 5) is 17.7. The van der Waals surface area contributed by atoms with Gasteiger partial charge in [0.05, 0.1) is 6.61 Å². The van der Waals surface area contributed by atoms with Crippen molar-refractivity contribution in [3.63, 3.8) is 0 Å². The number of carbonyl (C=O) groups is 1. The van der Waals surface area contributed by atoms with Crippen molar-refractivity contribution in [1.29, 1.82) is 0 Å². The summed E-state index contributed by atoms with van der Waals surface area (Å²) in [6, 6.07) is 18.5. The lowest BCUT2D eigenvalue weighted by Crippen LogP contribution is -2.42. The molecule has 2 aliphatic rings. The molecule has 0 spiro atoms. The minimum absolute atomic E-state index is 0.165. The Morgan fingerprint density at radius 2 is 1.74 bits per heavy atom. The molecule has 0 aliphatic carbocycles. The van der Waals surface area contributed by atoms with Crippen molar-refractivity contribution >= 4 is 5.91 Å². The molecule has 0 bridgehead atoms. The fraction of sp³-hybridized carbons (Fsp3) is 0.500. The van der Waals surface area contributed by atoms with Crippen LogP contribution < -0.4 is 10.1 Å². The third kappa shape index (κ3) is 6.31. The van der Waals surface area contributed by atoms with Crippen LogP contribution in [0.2, 0.25) is 0 Å². The fourth-order valence-electron chi connectivity index (χ4n) is 4.63. The van der Waals surface area contributed by atoms with Gasteiger partial charge < -0.3 is 19.9 Å². The molecule has 1 N–H and O–H groups in total. The zero-order valence-electron chi connectivity index (χ0n) is 18.5. The molecule has 5 heteroatoms. The summed E-state index contributed by atoms with van der Waals surface area (Å²) in [6.45, 7) is 6.75. The summed E-state index contributed by atoms with van der Waals surface area (Å²) in [5.41, 5.74) is 2.06. The molecule has 2 fully saturated rings. The average Bonchev–Trinajstić information content (AvgIpc) is 3.49. The molecular formula is C26H35N3O2. The minimum atomic E-state index is 0.165. The van der Waals surface area contributed by atoms with Gasteiger partial charge in [-0.15, -0.1) is 0 Å². The summed E-state index contributed by atoms with van der Waals surface area (Å²) in [7, 11) is 0. The normalized spacial score (nSPS) is 19.1. The maximum absolute atomic E-state index is 13.1. The van der Waals surface area contributed by atoms with E-state index in [1.807, 2.05) is 30.3 Å². The summed E-state index contributed by atoms with van der Waals surface area (Å²) >= 11 is 0. The summed E-state index contributed by atoms with van der Waals surface area (Å²) in [5, 5.41) is 3.44. The Labute approximate surface area is 186 Å². The largest absolute Gasteiger partial charge is 0.494 e. The number of benzene rings is 2. The average molecular weight is 422 g/mol. The number of carbonyl (C=O) groups excluding carboxylic acids is 1. The molecule has 2 saturated heterocycles. The summed E-state index contributed by atoms with van der Waals surface area (Å²) < 4.78 is 5.86. The van der Waals surface area contributed by atoms with Gasteiger partial charge in [-0.05, 0) is 81.6 Å². The number of nitrogens with zero attached hydrogens (tertiary/aromatic N) is 2. The second-order valence-electron chi connectivity index (χ2n) is 8.69. The maximum atomic E-state index is 13.1. The van der Waals surface area contributed by atoms with Gasteiger partial charge in [0.15, 0.2) is 0 Å². The van der Waals surface area contributed by atoms with Gasteiger partial charge >= 0.3 is 0 Å². The van der Waals surface area contributed by atoms with Crippen LogP contribution in [0.3, 0.4) is 0 Å². The highest BCUT2D eigenvalue weighted by atomic mass is 16.5. The van der Waals surface area contributed by atoms with Crippen LogP contribution in [0, 0.1) is 0 Å². The van der Waals surface area contributed by atoms with E-state index in [0.717, 1.165) is 56.8 Å². The Morgan fingerprint density at radius 1 is 0.968 bits per heavy atom. The molecule has 0 saturated carbocycles. The molecule has 0 radical (unpaired) electrons. The van der Waals surface area contributed by atoms with Crippen LogP contribution in [0.5, 0.6) is 5.75 Å². The van der Waals surface area contributed by atoms with E-state index in [-0.39, 0.29) is 5.91 Å². The van der Waals surface area contributed by atoms with E-state index >= 15 is 0 Å². The second kappa shape index (κ2) is 11.3. The lowest BCUT2D eigenvalue weighted by Gasteiger charge is -2.28. The van der Waals surface area contributed by atoms with Crippen LogP contribution in [0.1, 0.15) is 48.0 Å². The fourth-order valence-corrected chi connectivity index (χ4v) is 4.63. The van der Waals surface area contributed by atoms with E-state index in [1.165, 1.54) is 31.5 Å². The number of likely N-dealkylation sites (tertiary alicyclic amines) is 2. The summed E-state index contributed by atoms with van der Waals surface area (Å²) in [6.07, 6.45) is 5.78. The number of amides is 1. The monoisotopic (exact) mass is 421 g/mol. The molecular weight excluding hydrogens is 386 g/mol. The number of nitrogens with one attached hydrogen (secondary N) is 1. The molecule has 2 aliphatic heterocycles. The molecule has 166 valence electrons. The van der Waals surface area contributed by atoms with Crippen molar-refractivity contribution in [1.82, 2.24) is 15.1 Å². The standard InChI is InChI=1S/C26H35N3O2/c30-26(29-18-6-10-24(29)21-28-16-4-5-17-28)23-11-13-25(14-12-23)31-19-7-15-27-20-22-8-2-1-3-9-22/h1-3,8-9,11-14,24,27H,4-7,10,15-21H2/t24-/m0/s1. The van der Waals surface area contributed by atoms with Gasteiger partial charge in [-0.2, -0.15) is 0 Å². The second-order valence-corrected chi connectivity index (χ2v) is 8.69. The minimum Gasteiger partial charge on any atom is -0.494 e. The zero-order chi connectivity index (χ0) is 21.3. The van der Waals surface area contributed by atoms with Crippen LogP contribution in [0.15, 0.2) is 54.6 Å². The van der Waals surface area contributed by atoms with E-state index in [2.05, 4.69) is 39.4 Å². The van der Waals surface area contributed by atoms with Crippen LogP contribution in [-0.4, -0.2) is 61.1 Å². The molecule has 4 rings (SSSR count). The number of hydrogen-bond donors (Lipinski definition) is 1. The van der Waals surface area contributed by atoms with Gasteiger partial charge in [-0.3, -0.25) is 4.79 Å². The number of hydrogen-bond acceptors (Lipinski definition) is 4. The first kappa shape index (κ1) is 21.8. The molecule has 31 heavy (non-hydrogen) atoms. The SMILES string of the molecule is O=C(c1ccc(OCCCNCc2ccccc2)cc1)N1CCC[C@H]1CN1CCCC1. The predicted molar refractivity (Wildman–Crippen MR) is 124 cm³/mol. The Morgan fingerprint density at radius 3 is 2.52 bits per heavy atom. The van der Waals surface area contributed by atoms with Crippen LogP contribution in [-0.2, 0) is 6.54 Å². The molecule has 2 heterocycles. The van der Waals surface area contributed by atoms with Crippen LogP contribution in [0.25, 0.3) is 0 Å². The van der Waals surface area contributed by atoms with E-state index in [0.29, 0.717) is 12.6 Å². The number of ether oxygens (including phenoxy) is 1. The van der Waals surface area contributed by atoms with Crippen molar-refractivity contribution in [2.45, 2.75) is 44.7 Å². The first-order valence-electron chi connectivity index (χ1n) is 11.8. The van der Waals surface area contributed by atoms with Gasteiger partial charge in [-0.25, -0.2) is 0 Å². The van der Waals surface area contributed by atoms with E-state index < -0.39 is 0 Å². The molecule has 0 unspecified atom stereocenters. The molecule has 2 aromatic rings. The molecule has 1 atom stereocenters. The van der Waals surface area contributed by atoms with Crippen LogP contribution in [0.4, 0.5) is 0 Å². The Bertz CT molecular complexity index is 803. The maximum Gasteiger partial charge on any atom is 0.254 e. The van der Waals surface area contributed by atoms with Crippen molar-refractivity contribution in [3.05, 3.63) is 65.7 Å². The van der Waals surface area contributed by atoms with Crippen molar-refractivity contribution < 1.29 is 9.53 Å². The highest BCUT2D eigenvalue weighted by molar-refractivity contribution is 5.94. The highest BCUT2D eigenvalue weighted by Gasteiger charge is 2.31. The molecule has 5 nitrogen and oxygen atoms in total. The zero-order valence-corrected chi connectivity index (χ0v) is 18.5. The topological polar surface area (TPSA) is 44.8 Å². The predicted octanol–water partition coefficient (Wildman–Crippen LogP) is 3.95. The van der Waals surface area contributed by atoms with Crippen molar-refractivity contribution in [2.75, 3.05) is 39.3 Å².